The molecule has 5 unspecified atom stereocenters. The maximum Gasteiger partial charge on any atom is 0.326 e. The first-order chi connectivity index (χ1) is 15.6. The lowest BCUT2D eigenvalue weighted by atomic mass is 10.1. The molecular formula is C18H28N4O12. The molecule has 0 aromatic rings. The number of carboxylic acids is 4. The Morgan fingerprint density at radius 2 is 1.09 bits per heavy atom. The minimum atomic E-state index is -1.78. The van der Waals surface area contributed by atoms with Crippen LogP contribution in [0.25, 0.3) is 0 Å². The summed E-state index contributed by atoms with van der Waals surface area (Å²) in [6.07, 6.45) is -4.63. The van der Waals surface area contributed by atoms with Gasteiger partial charge in [0, 0.05) is 12.8 Å². The molecule has 0 bridgehead atoms. The highest BCUT2D eigenvalue weighted by Gasteiger charge is 2.32. The second-order valence-corrected chi connectivity index (χ2v) is 7.25. The summed E-state index contributed by atoms with van der Waals surface area (Å²) in [5.74, 6) is -9.30. The van der Waals surface area contributed by atoms with Crippen LogP contribution in [0.5, 0.6) is 0 Å². The number of aliphatic hydroxyl groups excluding tert-OH is 1. The van der Waals surface area contributed by atoms with Crippen molar-refractivity contribution in [3.05, 3.63) is 0 Å². The van der Waals surface area contributed by atoms with E-state index in [1.807, 2.05) is 10.6 Å². The molecule has 16 heteroatoms. The summed E-state index contributed by atoms with van der Waals surface area (Å²) in [6.45, 7) is 1.17. The van der Waals surface area contributed by atoms with E-state index in [-0.39, 0.29) is 0 Å². The molecule has 0 heterocycles. The van der Waals surface area contributed by atoms with Crippen LogP contribution in [0.15, 0.2) is 0 Å². The molecule has 0 saturated heterocycles. The van der Waals surface area contributed by atoms with Crippen LogP contribution in [0, 0.1) is 0 Å². The Morgan fingerprint density at radius 3 is 1.50 bits per heavy atom. The fourth-order valence-electron chi connectivity index (χ4n) is 2.48. The van der Waals surface area contributed by atoms with Crippen molar-refractivity contribution in [1.29, 1.82) is 0 Å². The third kappa shape index (κ3) is 11.7. The number of carbonyl (C=O) groups excluding carboxylic acids is 3. The highest BCUT2D eigenvalue weighted by atomic mass is 16.4. The van der Waals surface area contributed by atoms with Gasteiger partial charge in [0.15, 0.2) is 0 Å². The summed E-state index contributed by atoms with van der Waals surface area (Å²) in [4.78, 5) is 81.1. The molecule has 192 valence electrons. The predicted octanol–water partition coefficient (Wildman–Crippen LogP) is -3.56. The van der Waals surface area contributed by atoms with Crippen LogP contribution >= 0.6 is 0 Å². The van der Waals surface area contributed by atoms with Gasteiger partial charge in [-0.15, -0.1) is 0 Å². The van der Waals surface area contributed by atoms with E-state index in [9.17, 15) is 38.7 Å². The molecule has 0 aromatic carbocycles. The van der Waals surface area contributed by atoms with Crippen molar-refractivity contribution in [2.75, 3.05) is 0 Å². The van der Waals surface area contributed by atoms with Crippen LogP contribution in [-0.2, 0) is 33.6 Å². The number of carboxylic acid groups (broad SMARTS) is 4. The third-order valence-electron chi connectivity index (χ3n) is 4.38. The topological polar surface area (TPSA) is 283 Å². The molecule has 0 spiro atoms. The molecule has 16 nitrogen and oxygen atoms in total. The minimum absolute atomic E-state index is 0.509. The molecule has 0 aliphatic rings. The number of carbonyl (C=O) groups is 7. The average Bonchev–Trinajstić information content (AvgIpc) is 2.71. The molecule has 0 rings (SSSR count). The lowest BCUT2D eigenvalue weighted by Gasteiger charge is -2.24. The van der Waals surface area contributed by atoms with Gasteiger partial charge in [-0.1, -0.05) is 0 Å². The van der Waals surface area contributed by atoms with E-state index >= 15 is 0 Å². The first kappa shape index (κ1) is 30.2. The summed E-state index contributed by atoms with van der Waals surface area (Å²) in [7, 11) is 0. The van der Waals surface area contributed by atoms with Crippen molar-refractivity contribution in [2.24, 2.45) is 5.73 Å². The average molecular weight is 492 g/mol. The van der Waals surface area contributed by atoms with Gasteiger partial charge in [-0.2, -0.15) is 0 Å². The van der Waals surface area contributed by atoms with E-state index in [1.165, 1.54) is 6.92 Å². The van der Waals surface area contributed by atoms with Crippen molar-refractivity contribution in [3.8, 4) is 0 Å². The monoisotopic (exact) mass is 492 g/mol. The van der Waals surface area contributed by atoms with E-state index in [0.717, 1.165) is 0 Å². The number of nitrogens with two attached hydrogens (primary N) is 1. The minimum Gasteiger partial charge on any atom is -0.481 e. The largest absolute Gasteiger partial charge is 0.481 e. The van der Waals surface area contributed by atoms with Gasteiger partial charge in [-0.05, 0) is 19.8 Å². The number of hydrogen-bond donors (Lipinski definition) is 9. The fourth-order valence-corrected chi connectivity index (χ4v) is 2.48. The van der Waals surface area contributed by atoms with Crippen LogP contribution in [0.4, 0.5) is 0 Å². The Balaban J connectivity index is 5.61. The van der Waals surface area contributed by atoms with Crippen molar-refractivity contribution in [3.63, 3.8) is 0 Å². The van der Waals surface area contributed by atoms with E-state index in [0.29, 0.717) is 0 Å². The van der Waals surface area contributed by atoms with Crippen molar-refractivity contribution in [2.45, 2.75) is 69.3 Å². The third-order valence-corrected chi connectivity index (χ3v) is 4.38. The fraction of sp³-hybridized carbons (Fsp3) is 0.611. The molecule has 3 amide bonds. The molecule has 0 saturated carbocycles. The number of nitrogens with one attached hydrogen (secondary N) is 3. The summed E-state index contributed by atoms with van der Waals surface area (Å²) in [5.41, 5.74) is 5.43. The highest BCUT2D eigenvalue weighted by Crippen LogP contribution is 2.05. The van der Waals surface area contributed by atoms with Crippen LogP contribution in [-0.4, -0.2) is 97.4 Å². The van der Waals surface area contributed by atoms with Crippen molar-refractivity contribution < 1.29 is 59.1 Å². The summed E-state index contributed by atoms with van der Waals surface area (Å²) in [5, 5.41) is 51.2. The molecule has 10 N–H and O–H groups in total. The lowest BCUT2D eigenvalue weighted by molar-refractivity contribution is -0.144. The van der Waals surface area contributed by atoms with Gasteiger partial charge in [0.2, 0.25) is 17.7 Å². The Kier molecular flexibility index (Phi) is 12.8. The molecule has 34 heavy (non-hydrogen) atoms. The molecule has 0 aliphatic heterocycles. The van der Waals surface area contributed by atoms with E-state index in [2.05, 4.69) is 5.32 Å². The van der Waals surface area contributed by atoms with Crippen LogP contribution in [0.3, 0.4) is 0 Å². The maximum atomic E-state index is 12.6. The Hall–Kier alpha value is -3.79. The zero-order chi connectivity index (χ0) is 26.6. The van der Waals surface area contributed by atoms with Gasteiger partial charge >= 0.3 is 23.9 Å². The zero-order valence-corrected chi connectivity index (χ0v) is 18.1. The summed E-state index contributed by atoms with van der Waals surface area (Å²) < 4.78 is 0. The van der Waals surface area contributed by atoms with Gasteiger partial charge in [0.1, 0.15) is 24.2 Å². The van der Waals surface area contributed by atoms with Crippen molar-refractivity contribution >= 4 is 41.6 Å². The van der Waals surface area contributed by atoms with Gasteiger partial charge < -0.3 is 47.2 Å². The molecule has 0 aliphatic carbocycles. The number of amides is 3. The standard InChI is InChI=1S/C18H28N4O12/c1-7(23)14(19)17(32)22-10(6-13(28)29)16(31)20-8(2-4-11(24)25)15(30)21-9(18(33)34)3-5-12(26)27/h7-10,14,23H,2-6,19H2,1H3,(H,20,31)(H,21,30)(H,22,32)(H,24,25)(H,26,27)(H,28,29)(H,33,34). The van der Waals surface area contributed by atoms with Crippen LogP contribution in [0.1, 0.15) is 39.0 Å². The lowest BCUT2D eigenvalue weighted by Crippen LogP contribution is -2.58. The number of hydrogen-bond acceptors (Lipinski definition) is 9. The first-order valence-corrected chi connectivity index (χ1v) is 9.88. The van der Waals surface area contributed by atoms with E-state index in [4.69, 9.17) is 26.2 Å². The van der Waals surface area contributed by atoms with E-state index < -0.39 is 104 Å². The Labute approximate surface area is 192 Å². The van der Waals surface area contributed by atoms with Crippen LogP contribution in [0.2, 0.25) is 0 Å². The predicted molar refractivity (Wildman–Crippen MR) is 109 cm³/mol. The summed E-state index contributed by atoms with van der Waals surface area (Å²) in [6, 6.07) is -6.64. The van der Waals surface area contributed by atoms with Gasteiger partial charge in [-0.3, -0.25) is 28.8 Å². The second-order valence-electron chi connectivity index (χ2n) is 7.25. The van der Waals surface area contributed by atoms with Gasteiger partial charge in [0.25, 0.3) is 0 Å². The Morgan fingerprint density at radius 1 is 0.676 bits per heavy atom. The zero-order valence-electron chi connectivity index (χ0n) is 18.1. The molecule has 0 aromatic heterocycles. The molecule has 0 fully saturated rings. The number of aliphatic carboxylic acids is 4. The molecule has 5 atom stereocenters. The number of rotatable bonds is 16. The number of aliphatic hydroxyl groups is 1. The van der Waals surface area contributed by atoms with E-state index in [1.54, 1.807) is 0 Å². The highest BCUT2D eigenvalue weighted by molar-refractivity contribution is 5.95. The molecule has 0 radical (unpaired) electrons. The second kappa shape index (κ2) is 14.4. The van der Waals surface area contributed by atoms with Gasteiger partial charge in [0.05, 0.1) is 12.5 Å². The van der Waals surface area contributed by atoms with Crippen LogP contribution < -0.4 is 21.7 Å². The smallest absolute Gasteiger partial charge is 0.326 e. The molecular weight excluding hydrogens is 464 g/mol. The van der Waals surface area contributed by atoms with Gasteiger partial charge in [-0.25, -0.2) is 4.79 Å². The maximum absolute atomic E-state index is 12.6. The SMILES string of the molecule is CC(O)C(N)C(=O)NC(CC(=O)O)C(=O)NC(CCC(=O)O)C(=O)NC(CCC(=O)O)C(=O)O. The summed E-state index contributed by atoms with van der Waals surface area (Å²) >= 11 is 0. The Bertz CT molecular complexity index is 800. The first-order valence-electron chi connectivity index (χ1n) is 9.88. The quantitative estimate of drug-likeness (QED) is 0.101. The van der Waals surface area contributed by atoms with Crippen molar-refractivity contribution in [1.82, 2.24) is 16.0 Å². The normalized spacial score (nSPS) is 15.0.